The lowest BCUT2D eigenvalue weighted by Crippen LogP contribution is -2.33. The van der Waals surface area contributed by atoms with Crippen LogP contribution in [0.4, 0.5) is 0 Å². The maximum Gasteiger partial charge on any atom is 0.165 e. The highest BCUT2D eigenvalue weighted by Crippen LogP contribution is 2.62. The standard InChI is InChI=1S/C64H38N4S/c1-2-17-39(18-3-1)40-35-37-41(38-36-40)42-19-4-5-22-47(42)61-65-62(67-63(66-61)50-27-14-25-46-44-21-8-13-34-57(44)69-60(46)50)49-26-16-30-53-58(49)48-23-6-9-28-51(48)64(53)52-29-10-12-33-56(52)68-55-32-11-7-20-43(55)45-24-15-31-54(64)59(45)68/h1-38H. The molecule has 1 aliphatic carbocycles. The maximum absolute atomic E-state index is 5.58. The molecular weight excluding hydrogens is 857 g/mol. The summed E-state index contributed by atoms with van der Waals surface area (Å²) in [7, 11) is 0. The van der Waals surface area contributed by atoms with E-state index < -0.39 is 5.41 Å². The molecule has 0 saturated carbocycles. The van der Waals surface area contributed by atoms with Crippen molar-refractivity contribution in [2.24, 2.45) is 0 Å². The average molecular weight is 895 g/mol. The minimum Gasteiger partial charge on any atom is -0.309 e. The Kier molecular flexibility index (Phi) is 8.12. The molecule has 4 heterocycles. The van der Waals surface area contributed by atoms with Crippen LogP contribution in [0.15, 0.2) is 231 Å². The fourth-order valence-corrected chi connectivity index (χ4v) is 13.1. The van der Waals surface area contributed by atoms with Crippen LogP contribution in [0.3, 0.4) is 0 Å². The van der Waals surface area contributed by atoms with Crippen LogP contribution >= 0.6 is 11.3 Å². The van der Waals surface area contributed by atoms with Crippen molar-refractivity contribution in [3.05, 3.63) is 253 Å². The van der Waals surface area contributed by atoms with Crippen molar-refractivity contribution in [1.82, 2.24) is 19.5 Å². The third-order valence-corrected chi connectivity index (χ3v) is 15.9. The van der Waals surface area contributed by atoms with E-state index in [0.29, 0.717) is 17.5 Å². The SMILES string of the molecule is c1ccc(-c2ccc(-c3ccccc3-c3nc(-c4cccc5c4-c4ccccc4C54c5ccccc5-n5c6ccccc6c6cccc4c65)nc(-c4cccc5c4sc4ccccc45)n3)cc2)cc1. The first-order valence-electron chi connectivity index (χ1n) is 23.5. The Morgan fingerprint density at radius 2 is 0.870 bits per heavy atom. The normalized spacial score (nSPS) is 14.4. The predicted octanol–water partition coefficient (Wildman–Crippen LogP) is 16.3. The average Bonchev–Trinajstić information content (AvgIpc) is 4.08. The van der Waals surface area contributed by atoms with E-state index in [1.54, 1.807) is 11.3 Å². The van der Waals surface area contributed by atoms with Crippen LogP contribution in [0.1, 0.15) is 22.3 Å². The molecule has 0 radical (unpaired) electrons. The molecule has 15 rings (SSSR count). The van der Waals surface area contributed by atoms with E-state index in [1.165, 1.54) is 81.9 Å². The quantitative estimate of drug-likeness (QED) is 0.173. The molecule has 3 aromatic heterocycles. The fourth-order valence-electron chi connectivity index (χ4n) is 11.9. The van der Waals surface area contributed by atoms with Crippen molar-refractivity contribution in [1.29, 1.82) is 0 Å². The Labute approximate surface area is 402 Å². The van der Waals surface area contributed by atoms with Crippen molar-refractivity contribution in [2.75, 3.05) is 0 Å². The molecule has 0 bridgehead atoms. The van der Waals surface area contributed by atoms with Crippen LogP contribution in [0.2, 0.25) is 0 Å². The molecule has 5 heteroatoms. The van der Waals surface area contributed by atoms with Crippen LogP contribution in [0.5, 0.6) is 0 Å². The van der Waals surface area contributed by atoms with Gasteiger partial charge in [-0.3, -0.25) is 0 Å². The topological polar surface area (TPSA) is 43.6 Å². The molecular formula is C64H38N4S. The number of rotatable bonds is 5. The van der Waals surface area contributed by atoms with Crippen molar-refractivity contribution in [3.63, 3.8) is 0 Å². The number of hydrogen-bond donors (Lipinski definition) is 0. The van der Waals surface area contributed by atoms with Gasteiger partial charge in [-0.15, -0.1) is 11.3 Å². The molecule has 13 aromatic rings. The summed E-state index contributed by atoms with van der Waals surface area (Å²) >= 11 is 1.80. The van der Waals surface area contributed by atoms with Gasteiger partial charge in [0.05, 0.1) is 22.1 Å². The molecule has 1 spiro atoms. The van der Waals surface area contributed by atoms with Crippen LogP contribution in [-0.4, -0.2) is 19.5 Å². The summed E-state index contributed by atoms with van der Waals surface area (Å²) in [6.07, 6.45) is 0. The van der Waals surface area contributed by atoms with Crippen LogP contribution in [-0.2, 0) is 5.41 Å². The minimum absolute atomic E-state index is 0.609. The van der Waals surface area contributed by atoms with Gasteiger partial charge in [0.1, 0.15) is 0 Å². The summed E-state index contributed by atoms with van der Waals surface area (Å²) in [5.41, 5.74) is 17.9. The summed E-state index contributed by atoms with van der Waals surface area (Å²) in [6, 6.07) is 83.7. The molecule has 0 N–H and O–H groups in total. The minimum atomic E-state index is -0.609. The van der Waals surface area contributed by atoms with Crippen LogP contribution in [0, 0.1) is 0 Å². The van der Waals surface area contributed by atoms with Gasteiger partial charge in [-0.05, 0) is 79.9 Å². The van der Waals surface area contributed by atoms with Gasteiger partial charge in [-0.2, -0.15) is 0 Å². The van der Waals surface area contributed by atoms with E-state index in [9.17, 15) is 0 Å². The molecule has 2 aliphatic rings. The van der Waals surface area contributed by atoms with Gasteiger partial charge in [0, 0.05) is 47.6 Å². The fraction of sp³-hybridized carbons (Fsp3) is 0.0156. The third-order valence-electron chi connectivity index (χ3n) is 14.7. The Hall–Kier alpha value is -8.77. The van der Waals surface area contributed by atoms with E-state index in [2.05, 4.69) is 235 Å². The highest BCUT2D eigenvalue weighted by atomic mass is 32.1. The Morgan fingerprint density at radius 3 is 1.72 bits per heavy atom. The zero-order valence-corrected chi connectivity index (χ0v) is 38.0. The van der Waals surface area contributed by atoms with E-state index in [4.69, 9.17) is 15.0 Å². The second-order valence-corrected chi connectivity index (χ2v) is 19.2. The summed E-state index contributed by atoms with van der Waals surface area (Å²) in [5.74, 6) is 1.92. The lowest BCUT2D eigenvalue weighted by molar-refractivity contribution is 0.748. The summed E-state index contributed by atoms with van der Waals surface area (Å²) in [6.45, 7) is 0. The molecule has 1 unspecified atom stereocenters. The first-order valence-corrected chi connectivity index (χ1v) is 24.3. The summed E-state index contributed by atoms with van der Waals surface area (Å²) in [5, 5.41) is 4.96. The lowest BCUT2D eigenvalue weighted by Gasteiger charge is -2.39. The molecule has 320 valence electrons. The largest absolute Gasteiger partial charge is 0.309 e. The van der Waals surface area contributed by atoms with Gasteiger partial charge in [-0.1, -0.05) is 206 Å². The predicted molar refractivity (Wildman–Crippen MR) is 285 cm³/mol. The van der Waals surface area contributed by atoms with Gasteiger partial charge >= 0.3 is 0 Å². The van der Waals surface area contributed by atoms with Crippen molar-refractivity contribution in [2.45, 2.75) is 5.41 Å². The molecule has 4 nitrogen and oxygen atoms in total. The molecule has 0 fully saturated rings. The van der Waals surface area contributed by atoms with E-state index in [-0.39, 0.29) is 0 Å². The van der Waals surface area contributed by atoms with Crippen molar-refractivity contribution >= 4 is 53.3 Å². The number of fused-ring (bicyclic) bond motifs is 15. The van der Waals surface area contributed by atoms with Gasteiger partial charge in [0.15, 0.2) is 17.5 Å². The van der Waals surface area contributed by atoms with Crippen LogP contribution < -0.4 is 0 Å². The smallest absolute Gasteiger partial charge is 0.165 e. The molecule has 0 saturated heterocycles. The zero-order chi connectivity index (χ0) is 45.2. The second-order valence-electron chi connectivity index (χ2n) is 18.2. The second kappa shape index (κ2) is 14.6. The molecule has 1 atom stereocenters. The number of benzene rings is 10. The van der Waals surface area contributed by atoms with E-state index in [0.717, 1.165) is 38.1 Å². The Bertz CT molecular complexity index is 4260. The number of para-hydroxylation sites is 3. The maximum atomic E-state index is 5.58. The molecule has 69 heavy (non-hydrogen) atoms. The molecule has 1 aliphatic heterocycles. The van der Waals surface area contributed by atoms with Gasteiger partial charge in [0.2, 0.25) is 0 Å². The summed E-state index contributed by atoms with van der Waals surface area (Å²) in [4.78, 5) is 16.6. The zero-order valence-electron chi connectivity index (χ0n) is 37.1. The van der Waals surface area contributed by atoms with Crippen molar-refractivity contribution < 1.29 is 0 Å². The van der Waals surface area contributed by atoms with E-state index >= 15 is 0 Å². The van der Waals surface area contributed by atoms with E-state index in [1.807, 2.05) is 0 Å². The Morgan fingerprint density at radius 1 is 0.333 bits per heavy atom. The van der Waals surface area contributed by atoms with Gasteiger partial charge in [0.25, 0.3) is 0 Å². The van der Waals surface area contributed by atoms with Crippen LogP contribution in [0.25, 0.3) is 115 Å². The van der Waals surface area contributed by atoms with Crippen molar-refractivity contribution in [3.8, 4) is 73.2 Å². The molecule has 0 amide bonds. The highest BCUT2D eigenvalue weighted by molar-refractivity contribution is 7.26. The third kappa shape index (κ3) is 5.36. The van der Waals surface area contributed by atoms with Gasteiger partial charge in [-0.25, -0.2) is 15.0 Å². The lowest BCUT2D eigenvalue weighted by atomic mass is 9.65. The molecule has 10 aromatic carbocycles. The van der Waals surface area contributed by atoms with Gasteiger partial charge < -0.3 is 4.57 Å². The number of hydrogen-bond acceptors (Lipinski definition) is 4. The number of thiophene rings is 1. The summed E-state index contributed by atoms with van der Waals surface area (Å²) < 4.78 is 4.90. The monoisotopic (exact) mass is 894 g/mol. The highest BCUT2D eigenvalue weighted by Gasteiger charge is 2.51. The Balaban J connectivity index is 1.00. The number of nitrogens with zero attached hydrogens (tertiary/aromatic N) is 4. The first-order chi connectivity index (χ1) is 34.2. The number of aromatic nitrogens is 4. The first kappa shape index (κ1) is 38.3.